The van der Waals surface area contributed by atoms with Gasteiger partial charge in [0.05, 0.1) is 23.6 Å². The van der Waals surface area contributed by atoms with Gasteiger partial charge in [-0.3, -0.25) is 14.8 Å². The molecule has 3 aromatic carbocycles. The molecule has 0 unspecified atom stereocenters. The predicted molar refractivity (Wildman–Crippen MR) is 145 cm³/mol. The number of nitrogens with zero attached hydrogens (tertiary/aromatic N) is 2. The summed E-state index contributed by atoms with van der Waals surface area (Å²) in [5.41, 5.74) is 4.31. The van der Waals surface area contributed by atoms with Crippen LogP contribution < -0.4 is 25.0 Å². The highest BCUT2D eigenvalue weighted by atomic mass is 16.5. The molecular weight excluding hydrogens is 516 g/mol. The smallest absolute Gasteiger partial charge is 0.274 e. The third-order valence-electron chi connectivity index (χ3n) is 6.21. The second-order valence-electron chi connectivity index (χ2n) is 8.78. The second kappa shape index (κ2) is 11.3. The zero-order valence-electron chi connectivity index (χ0n) is 22.0. The molecule has 0 aliphatic rings. The Labute approximate surface area is 228 Å². The summed E-state index contributed by atoms with van der Waals surface area (Å²) in [7, 11) is 1.53. The minimum atomic E-state index is -0.597. The third-order valence-corrected chi connectivity index (χ3v) is 6.21. The molecule has 40 heavy (non-hydrogen) atoms. The fourth-order valence-electron chi connectivity index (χ4n) is 4.28. The molecule has 0 saturated heterocycles. The average molecular weight is 543 g/mol. The van der Waals surface area contributed by atoms with Gasteiger partial charge in [-0.15, -0.1) is 0 Å². The first-order chi connectivity index (χ1) is 19.4. The van der Waals surface area contributed by atoms with Crippen molar-refractivity contribution < 1.29 is 33.4 Å². The molecule has 11 nitrogen and oxygen atoms in total. The van der Waals surface area contributed by atoms with Crippen LogP contribution in [-0.4, -0.2) is 40.6 Å². The van der Waals surface area contributed by atoms with E-state index in [1.807, 2.05) is 6.92 Å². The van der Waals surface area contributed by atoms with Crippen molar-refractivity contribution in [3.05, 3.63) is 83.4 Å². The third kappa shape index (κ3) is 5.22. The lowest BCUT2D eigenvalue weighted by Crippen LogP contribution is -2.22. The fourth-order valence-corrected chi connectivity index (χ4v) is 4.28. The largest absolute Gasteiger partial charge is 0.493 e. The Morgan fingerprint density at radius 2 is 1.77 bits per heavy atom. The molecule has 0 fully saturated rings. The molecule has 0 radical (unpaired) electrons. The normalized spacial score (nSPS) is 10.9. The number of hydrogen-bond acceptors (Lipinski definition) is 9. The molecule has 5 aromatic rings. The molecule has 0 bridgehead atoms. The number of hydrogen-bond donors (Lipinski definition) is 3. The molecule has 2 aromatic heterocycles. The standard InChI is InChI=1S/C29H26N4O7/c1-4-30-28(35)26-16(2)39-23-11-19(9-10-20(23)26)40-29-21-12-25(24(37-3)13-22(21)31-15-32-29)38-14-17-5-7-18(8-6-17)27(34)33-36/h5-13,15,36H,4,14H2,1-3H3,(H,30,35)(H,33,34). The van der Waals surface area contributed by atoms with Gasteiger partial charge in [-0.1, -0.05) is 12.1 Å². The van der Waals surface area contributed by atoms with E-state index in [0.29, 0.717) is 68.4 Å². The van der Waals surface area contributed by atoms with Crippen molar-refractivity contribution in [1.82, 2.24) is 20.8 Å². The molecule has 0 spiro atoms. The summed E-state index contributed by atoms with van der Waals surface area (Å²) in [6.07, 6.45) is 1.39. The van der Waals surface area contributed by atoms with Gasteiger partial charge in [0.15, 0.2) is 11.5 Å². The van der Waals surface area contributed by atoms with Gasteiger partial charge < -0.3 is 23.9 Å². The fraction of sp³-hybridized carbons (Fsp3) is 0.172. The number of nitrogens with one attached hydrogen (secondary N) is 2. The number of hydroxylamine groups is 1. The predicted octanol–water partition coefficient (Wildman–Crippen LogP) is 4.93. The molecular formula is C29H26N4O7. The van der Waals surface area contributed by atoms with Crippen molar-refractivity contribution in [3.63, 3.8) is 0 Å². The Morgan fingerprint density at radius 1 is 0.975 bits per heavy atom. The Kier molecular flexibility index (Phi) is 7.47. The number of aryl methyl sites for hydroxylation is 1. The number of rotatable bonds is 9. The van der Waals surface area contributed by atoms with Crippen molar-refractivity contribution in [2.75, 3.05) is 13.7 Å². The van der Waals surface area contributed by atoms with Gasteiger partial charge in [-0.25, -0.2) is 15.4 Å². The molecule has 2 amide bonds. The minimum absolute atomic E-state index is 0.190. The number of ether oxygens (including phenoxy) is 3. The Balaban J connectivity index is 1.42. The lowest BCUT2D eigenvalue weighted by molar-refractivity contribution is 0.0706. The molecule has 3 N–H and O–H groups in total. The van der Waals surface area contributed by atoms with E-state index < -0.39 is 5.91 Å². The number of amides is 2. The van der Waals surface area contributed by atoms with Crippen LogP contribution in [-0.2, 0) is 6.61 Å². The van der Waals surface area contributed by atoms with E-state index in [2.05, 4.69) is 15.3 Å². The molecule has 2 heterocycles. The highest BCUT2D eigenvalue weighted by molar-refractivity contribution is 6.07. The molecule has 5 rings (SSSR count). The first-order valence-electron chi connectivity index (χ1n) is 12.4. The average Bonchev–Trinajstić information content (AvgIpc) is 3.30. The SMILES string of the molecule is CCNC(=O)c1c(C)oc2cc(Oc3ncnc4cc(OC)c(OCc5ccc(C(=O)NO)cc5)cc34)ccc12. The molecule has 0 atom stereocenters. The number of carbonyl (C=O) groups is 2. The van der Waals surface area contributed by atoms with E-state index in [-0.39, 0.29) is 12.5 Å². The maximum atomic E-state index is 12.5. The van der Waals surface area contributed by atoms with Crippen molar-refractivity contribution in [3.8, 4) is 23.1 Å². The second-order valence-corrected chi connectivity index (χ2v) is 8.78. The van der Waals surface area contributed by atoms with Crippen LogP contribution in [0, 0.1) is 6.92 Å². The van der Waals surface area contributed by atoms with Crippen LogP contribution in [0.1, 0.15) is 39.0 Å². The van der Waals surface area contributed by atoms with E-state index >= 15 is 0 Å². The molecule has 204 valence electrons. The summed E-state index contributed by atoms with van der Waals surface area (Å²) < 4.78 is 23.5. The Morgan fingerprint density at radius 3 is 2.50 bits per heavy atom. The van der Waals surface area contributed by atoms with E-state index in [4.69, 9.17) is 23.8 Å². The number of benzene rings is 3. The number of fused-ring (bicyclic) bond motifs is 2. The van der Waals surface area contributed by atoms with Crippen molar-refractivity contribution in [2.24, 2.45) is 0 Å². The Bertz CT molecular complexity index is 1710. The van der Waals surface area contributed by atoms with E-state index in [1.54, 1.807) is 67.0 Å². The van der Waals surface area contributed by atoms with E-state index in [9.17, 15) is 9.59 Å². The quantitative estimate of drug-likeness (QED) is 0.174. The molecule has 0 aliphatic carbocycles. The molecule has 0 aliphatic heterocycles. The van der Waals surface area contributed by atoms with Gasteiger partial charge in [0.2, 0.25) is 5.88 Å². The van der Waals surface area contributed by atoms with Gasteiger partial charge in [0.25, 0.3) is 11.8 Å². The zero-order valence-corrected chi connectivity index (χ0v) is 22.0. The van der Waals surface area contributed by atoms with Crippen molar-refractivity contribution in [2.45, 2.75) is 20.5 Å². The van der Waals surface area contributed by atoms with Crippen LogP contribution in [0.3, 0.4) is 0 Å². The monoisotopic (exact) mass is 542 g/mol. The number of aromatic nitrogens is 2. The highest BCUT2D eigenvalue weighted by Crippen LogP contribution is 2.37. The van der Waals surface area contributed by atoms with Crippen LogP contribution in [0.25, 0.3) is 21.9 Å². The molecule has 0 saturated carbocycles. The van der Waals surface area contributed by atoms with Gasteiger partial charge in [-0.05, 0) is 49.7 Å². The van der Waals surface area contributed by atoms with Gasteiger partial charge in [0.1, 0.15) is 30.0 Å². The van der Waals surface area contributed by atoms with Crippen molar-refractivity contribution in [1.29, 1.82) is 0 Å². The van der Waals surface area contributed by atoms with Crippen LogP contribution >= 0.6 is 0 Å². The van der Waals surface area contributed by atoms with Crippen LogP contribution in [0.5, 0.6) is 23.1 Å². The Hall–Kier alpha value is -5.16. The maximum Gasteiger partial charge on any atom is 0.274 e. The summed E-state index contributed by atoms with van der Waals surface area (Å²) in [6, 6.07) is 15.3. The van der Waals surface area contributed by atoms with E-state index in [1.165, 1.54) is 13.4 Å². The topological polar surface area (TPSA) is 145 Å². The van der Waals surface area contributed by atoms with Crippen LogP contribution in [0.4, 0.5) is 0 Å². The summed E-state index contributed by atoms with van der Waals surface area (Å²) in [5.74, 6) is 1.40. The summed E-state index contributed by atoms with van der Waals surface area (Å²) in [5, 5.41) is 12.9. The lowest BCUT2D eigenvalue weighted by atomic mass is 10.1. The van der Waals surface area contributed by atoms with Crippen LogP contribution in [0.15, 0.2) is 65.3 Å². The first-order valence-corrected chi connectivity index (χ1v) is 12.4. The van der Waals surface area contributed by atoms with Gasteiger partial charge in [0, 0.05) is 29.6 Å². The summed E-state index contributed by atoms with van der Waals surface area (Å²) in [4.78, 5) is 32.7. The first kappa shape index (κ1) is 26.4. The highest BCUT2D eigenvalue weighted by Gasteiger charge is 2.19. The number of methoxy groups -OCH3 is 1. The van der Waals surface area contributed by atoms with Gasteiger partial charge >= 0.3 is 0 Å². The van der Waals surface area contributed by atoms with Crippen molar-refractivity contribution >= 4 is 33.7 Å². The number of furan rings is 1. The zero-order chi connectivity index (χ0) is 28.2. The number of carbonyl (C=O) groups excluding carboxylic acids is 2. The lowest BCUT2D eigenvalue weighted by Gasteiger charge is -2.14. The minimum Gasteiger partial charge on any atom is -0.493 e. The van der Waals surface area contributed by atoms with Crippen LogP contribution in [0.2, 0.25) is 0 Å². The summed E-state index contributed by atoms with van der Waals surface area (Å²) >= 11 is 0. The maximum absolute atomic E-state index is 12.5. The van der Waals surface area contributed by atoms with E-state index in [0.717, 1.165) is 5.56 Å². The summed E-state index contributed by atoms with van der Waals surface area (Å²) in [6.45, 7) is 4.31. The molecule has 11 heteroatoms. The van der Waals surface area contributed by atoms with Gasteiger partial charge in [-0.2, -0.15) is 0 Å².